The van der Waals surface area contributed by atoms with Crippen LogP contribution in [-0.2, 0) is 4.74 Å². The topological polar surface area (TPSA) is 134 Å². The van der Waals surface area contributed by atoms with Crippen LogP contribution < -0.4 is 4.74 Å². The number of rotatable bonds is 8. The number of carboxylic acid groups (broad SMARTS) is 1. The molecule has 5 rings (SSSR count). The third-order valence-corrected chi connectivity index (χ3v) is 7.62. The predicted molar refractivity (Wildman–Crippen MR) is 157 cm³/mol. The van der Waals surface area contributed by atoms with E-state index in [1.165, 1.54) is 18.4 Å². The Balaban J connectivity index is 1.43. The van der Waals surface area contributed by atoms with E-state index in [0.717, 1.165) is 5.69 Å². The largest absolute Gasteiger partial charge is 0.482 e. The highest BCUT2D eigenvalue weighted by Gasteiger charge is 2.33. The Morgan fingerprint density at radius 3 is 2.50 bits per heavy atom. The van der Waals surface area contributed by atoms with Crippen LogP contribution >= 0.6 is 0 Å². The molecule has 1 aromatic carbocycles. The van der Waals surface area contributed by atoms with Crippen molar-refractivity contribution in [1.29, 1.82) is 0 Å². The molecule has 0 spiro atoms. The van der Waals surface area contributed by atoms with Crippen molar-refractivity contribution in [3.8, 4) is 17.1 Å². The molecule has 2 aliphatic rings. The number of ether oxygens (including phenoxy) is 2. The number of aromatic carboxylic acids is 1. The van der Waals surface area contributed by atoms with E-state index >= 15 is 0 Å². The molecule has 2 N–H and O–H groups in total. The zero-order valence-electron chi connectivity index (χ0n) is 25.2. The Morgan fingerprint density at radius 1 is 1.17 bits per heavy atom. The van der Waals surface area contributed by atoms with Gasteiger partial charge in [-0.25, -0.2) is 14.6 Å². The minimum atomic E-state index is -1.03. The standard InChI is InChI=1S/C31H40N6O5/c1-18-13-26(24(14-23(18)29(38)39)28-33-20(3)34-35-28)41-27(25-10-9-22(15-32-25)21-7-8-21)17-36-11-12-37(19(2)16-36)30(40)42-31(4,5)6/h9-10,13-15,19,21,27H,7-8,11-12,16-17H2,1-6H3,(H,38,39)(H,33,34,35)/t19-,27-/m1/s1. The van der Waals surface area contributed by atoms with E-state index in [1.54, 1.807) is 30.9 Å². The second-order valence-corrected chi connectivity index (χ2v) is 12.4. The maximum atomic E-state index is 12.8. The second kappa shape index (κ2) is 11.7. The molecule has 2 aromatic heterocycles. The fourth-order valence-electron chi connectivity index (χ4n) is 5.28. The van der Waals surface area contributed by atoms with Crippen LogP contribution in [0.1, 0.15) is 85.6 Å². The first-order valence-corrected chi connectivity index (χ1v) is 14.5. The van der Waals surface area contributed by atoms with Gasteiger partial charge in [0.25, 0.3) is 0 Å². The van der Waals surface area contributed by atoms with Crippen molar-refractivity contribution < 1.29 is 24.2 Å². The molecule has 1 saturated carbocycles. The molecule has 11 nitrogen and oxygen atoms in total. The van der Waals surface area contributed by atoms with Gasteiger partial charge in [0.2, 0.25) is 0 Å². The molecule has 0 radical (unpaired) electrons. The Hall–Kier alpha value is -3.99. The number of hydrogen-bond donors (Lipinski definition) is 2. The average molecular weight is 577 g/mol. The molecular formula is C31H40N6O5. The number of benzene rings is 1. The molecule has 0 unspecified atom stereocenters. The van der Waals surface area contributed by atoms with Crippen molar-refractivity contribution in [1.82, 2.24) is 30.0 Å². The van der Waals surface area contributed by atoms with E-state index in [-0.39, 0.29) is 17.7 Å². The number of aromatic nitrogens is 4. The lowest BCUT2D eigenvalue weighted by Gasteiger charge is -2.41. The summed E-state index contributed by atoms with van der Waals surface area (Å²) < 4.78 is 12.3. The molecule has 1 saturated heterocycles. The first-order chi connectivity index (χ1) is 19.9. The first-order valence-electron chi connectivity index (χ1n) is 14.5. The highest BCUT2D eigenvalue weighted by atomic mass is 16.6. The first kappa shape index (κ1) is 29.5. The summed E-state index contributed by atoms with van der Waals surface area (Å²) in [5.41, 5.74) is 2.68. The van der Waals surface area contributed by atoms with Crippen LogP contribution in [0.3, 0.4) is 0 Å². The van der Waals surface area contributed by atoms with E-state index in [4.69, 9.17) is 14.5 Å². The Morgan fingerprint density at radius 2 is 1.93 bits per heavy atom. The van der Waals surface area contributed by atoms with Gasteiger partial charge in [0.1, 0.15) is 17.2 Å². The molecule has 1 aliphatic heterocycles. The lowest BCUT2D eigenvalue weighted by Crippen LogP contribution is -2.55. The van der Waals surface area contributed by atoms with Crippen LogP contribution in [0, 0.1) is 13.8 Å². The van der Waals surface area contributed by atoms with Crippen LogP contribution in [0.2, 0.25) is 0 Å². The number of hydrogen-bond acceptors (Lipinski definition) is 8. The third kappa shape index (κ3) is 6.89. The average Bonchev–Trinajstić information content (AvgIpc) is 3.67. The molecule has 3 heterocycles. The summed E-state index contributed by atoms with van der Waals surface area (Å²) >= 11 is 0. The Bertz CT molecular complexity index is 1440. The number of aryl methyl sites for hydroxylation is 2. The quantitative estimate of drug-likeness (QED) is 0.375. The van der Waals surface area contributed by atoms with Gasteiger partial charge in [-0.3, -0.25) is 15.0 Å². The molecule has 11 heteroatoms. The smallest absolute Gasteiger partial charge is 0.410 e. The van der Waals surface area contributed by atoms with E-state index in [0.29, 0.717) is 60.6 Å². The molecule has 42 heavy (non-hydrogen) atoms. The van der Waals surface area contributed by atoms with Gasteiger partial charge < -0.3 is 19.5 Å². The van der Waals surface area contributed by atoms with Gasteiger partial charge in [0, 0.05) is 38.4 Å². The number of carbonyl (C=O) groups is 2. The molecule has 2 fully saturated rings. The predicted octanol–water partition coefficient (Wildman–Crippen LogP) is 5.12. The van der Waals surface area contributed by atoms with Gasteiger partial charge in [-0.2, -0.15) is 5.10 Å². The van der Waals surface area contributed by atoms with E-state index in [2.05, 4.69) is 26.1 Å². The van der Waals surface area contributed by atoms with Gasteiger partial charge in [-0.15, -0.1) is 0 Å². The number of nitrogens with zero attached hydrogens (tertiary/aromatic N) is 5. The zero-order valence-corrected chi connectivity index (χ0v) is 25.2. The van der Waals surface area contributed by atoms with Crippen molar-refractivity contribution in [2.75, 3.05) is 26.2 Å². The number of H-pyrrole nitrogens is 1. The SMILES string of the molecule is Cc1nc(-c2cc(C(=O)O)c(C)cc2O[C@H](CN2CCN(C(=O)OC(C)(C)C)[C@H](C)C2)c2ccc(C3CC3)cn2)n[nH]1. The van der Waals surface area contributed by atoms with E-state index < -0.39 is 17.7 Å². The maximum Gasteiger partial charge on any atom is 0.410 e. The molecule has 1 amide bonds. The fraction of sp³-hybridized carbons (Fsp3) is 0.516. The van der Waals surface area contributed by atoms with Crippen LogP contribution in [0.25, 0.3) is 11.4 Å². The summed E-state index contributed by atoms with van der Waals surface area (Å²) in [5, 5.41) is 16.9. The van der Waals surface area contributed by atoms with Crippen LogP contribution in [0.5, 0.6) is 5.75 Å². The monoisotopic (exact) mass is 576 g/mol. The number of nitrogens with one attached hydrogen (secondary N) is 1. The van der Waals surface area contributed by atoms with Gasteiger partial charge in [-0.1, -0.05) is 6.07 Å². The number of pyridine rings is 1. The van der Waals surface area contributed by atoms with Gasteiger partial charge in [0.05, 0.1) is 16.8 Å². The summed E-state index contributed by atoms with van der Waals surface area (Å²) in [5.74, 6) is 1.01. The third-order valence-electron chi connectivity index (χ3n) is 7.62. The maximum absolute atomic E-state index is 12.8. The van der Waals surface area contributed by atoms with Gasteiger partial charge in [0.15, 0.2) is 11.9 Å². The molecule has 1 aliphatic carbocycles. The van der Waals surface area contributed by atoms with E-state index in [9.17, 15) is 14.7 Å². The van der Waals surface area contributed by atoms with E-state index in [1.807, 2.05) is 40.0 Å². The van der Waals surface area contributed by atoms with Crippen molar-refractivity contribution in [3.63, 3.8) is 0 Å². The number of amides is 1. The van der Waals surface area contributed by atoms with Gasteiger partial charge in [-0.05, 0) is 89.6 Å². The van der Waals surface area contributed by atoms with Crippen LogP contribution in [-0.4, -0.2) is 85.0 Å². The van der Waals surface area contributed by atoms with Crippen LogP contribution in [0.15, 0.2) is 30.5 Å². The Labute approximate surface area is 246 Å². The second-order valence-electron chi connectivity index (χ2n) is 12.4. The van der Waals surface area contributed by atoms with Gasteiger partial charge >= 0.3 is 12.1 Å². The van der Waals surface area contributed by atoms with Crippen molar-refractivity contribution in [2.24, 2.45) is 0 Å². The molecule has 2 atom stereocenters. The minimum Gasteiger partial charge on any atom is -0.482 e. The van der Waals surface area contributed by atoms with Crippen molar-refractivity contribution in [3.05, 3.63) is 58.7 Å². The minimum absolute atomic E-state index is 0.0525. The zero-order chi connectivity index (χ0) is 30.2. The Kier molecular flexibility index (Phi) is 8.23. The lowest BCUT2D eigenvalue weighted by molar-refractivity contribution is -0.00314. The number of carbonyl (C=O) groups excluding carboxylic acids is 1. The number of aromatic amines is 1. The highest BCUT2D eigenvalue weighted by molar-refractivity contribution is 5.91. The highest BCUT2D eigenvalue weighted by Crippen LogP contribution is 2.40. The van der Waals surface area contributed by atoms with Crippen LogP contribution in [0.4, 0.5) is 4.79 Å². The summed E-state index contributed by atoms with van der Waals surface area (Å²) in [6.07, 6.45) is 3.54. The number of carboxylic acids is 1. The molecule has 0 bridgehead atoms. The lowest BCUT2D eigenvalue weighted by atomic mass is 10.0. The molecular weight excluding hydrogens is 536 g/mol. The number of piperazine rings is 1. The summed E-state index contributed by atoms with van der Waals surface area (Å²) in [7, 11) is 0. The molecule has 224 valence electrons. The fourth-order valence-corrected chi connectivity index (χ4v) is 5.28. The summed E-state index contributed by atoms with van der Waals surface area (Å²) in [6.45, 7) is 13.5. The summed E-state index contributed by atoms with van der Waals surface area (Å²) in [4.78, 5) is 38.0. The van der Waals surface area contributed by atoms with Crippen molar-refractivity contribution >= 4 is 12.1 Å². The van der Waals surface area contributed by atoms with Crippen molar-refractivity contribution in [2.45, 2.75) is 78.0 Å². The molecule has 3 aromatic rings. The summed E-state index contributed by atoms with van der Waals surface area (Å²) in [6, 6.07) is 7.39. The normalized spacial score (nSPS) is 18.5.